The van der Waals surface area contributed by atoms with Crippen LogP contribution in [0.4, 0.5) is 10.1 Å². The highest BCUT2D eigenvalue weighted by atomic mass is 35.5. The van der Waals surface area contributed by atoms with Gasteiger partial charge < -0.3 is 14.9 Å². The van der Waals surface area contributed by atoms with Crippen LogP contribution in [-0.2, 0) is 10.0 Å². The minimum Gasteiger partial charge on any atom is -0.504 e. The summed E-state index contributed by atoms with van der Waals surface area (Å²) in [6.07, 6.45) is 1.42. The van der Waals surface area contributed by atoms with Gasteiger partial charge in [0, 0.05) is 25.2 Å². The Morgan fingerprint density at radius 3 is 2.37 bits per heavy atom. The summed E-state index contributed by atoms with van der Waals surface area (Å²) in [7, 11) is -4.12. The van der Waals surface area contributed by atoms with Crippen LogP contribution in [0, 0.1) is 17.1 Å². The summed E-state index contributed by atoms with van der Waals surface area (Å²) in [6, 6.07) is 7.55. The van der Waals surface area contributed by atoms with E-state index in [1.165, 1.54) is 32.0 Å². The van der Waals surface area contributed by atoms with Gasteiger partial charge in [0.15, 0.2) is 5.75 Å². The molecular weight excluding hydrogens is 518 g/mol. The highest BCUT2D eigenvalue weighted by Crippen LogP contribution is 2.44. The lowest BCUT2D eigenvalue weighted by Crippen LogP contribution is -2.55. The number of benzene rings is 2. The second-order valence-electron chi connectivity index (χ2n) is 9.24. The van der Waals surface area contributed by atoms with E-state index in [-0.39, 0.29) is 49.9 Å². The normalized spacial score (nSPS) is 20.1. The topological polar surface area (TPSA) is 114 Å². The number of fused-ring (bicyclic) bond motifs is 2. The number of hydrogen-bond acceptors (Lipinski definition) is 6. The van der Waals surface area contributed by atoms with E-state index >= 15 is 0 Å². The van der Waals surface area contributed by atoms with Crippen LogP contribution in [0.15, 0.2) is 35.2 Å². The summed E-state index contributed by atoms with van der Waals surface area (Å²) in [5, 5.41) is 19.8. The number of likely N-dealkylation sites (tertiary alicyclic amines) is 1. The molecule has 2 aliphatic heterocycles. The Bertz CT molecular complexity index is 1330. The van der Waals surface area contributed by atoms with Crippen molar-refractivity contribution >= 4 is 44.8 Å². The third-order valence-corrected chi connectivity index (χ3v) is 8.44. The van der Waals surface area contributed by atoms with Crippen LogP contribution < -0.4 is 9.62 Å². The molecule has 2 aliphatic rings. The van der Waals surface area contributed by atoms with Crippen LogP contribution in [0.5, 0.6) is 5.75 Å². The summed E-state index contributed by atoms with van der Waals surface area (Å²) in [4.78, 5) is 16.4. The van der Waals surface area contributed by atoms with Crippen LogP contribution in [0.2, 0.25) is 10.0 Å². The molecule has 35 heavy (non-hydrogen) atoms. The Labute approximate surface area is 212 Å². The number of nitrogens with one attached hydrogen (secondary N) is 1. The minimum absolute atomic E-state index is 0.0277. The zero-order chi connectivity index (χ0) is 25.7. The number of sulfonamides is 1. The zero-order valence-corrected chi connectivity index (χ0v) is 21.3. The molecule has 12 heteroatoms. The van der Waals surface area contributed by atoms with E-state index in [0.29, 0.717) is 25.9 Å². The molecule has 186 valence electrons. The molecule has 0 radical (unpaired) electrons. The number of halogens is 3. The first-order valence-electron chi connectivity index (χ1n) is 10.8. The molecule has 0 aliphatic carbocycles. The van der Waals surface area contributed by atoms with Gasteiger partial charge in [-0.1, -0.05) is 23.2 Å². The van der Waals surface area contributed by atoms with Gasteiger partial charge in [0.1, 0.15) is 11.4 Å². The Balaban J connectivity index is 1.64. The number of aromatic hydroxyl groups is 1. The fourth-order valence-electron chi connectivity index (χ4n) is 4.63. The smallest absolute Gasteiger partial charge is 0.255 e. The summed E-state index contributed by atoms with van der Waals surface area (Å²) < 4.78 is 41.6. The highest BCUT2D eigenvalue weighted by molar-refractivity contribution is 7.89. The molecule has 8 nitrogen and oxygen atoms in total. The van der Waals surface area contributed by atoms with E-state index in [0.717, 1.165) is 12.1 Å². The van der Waals surface area contributed by atoms with E-state index in [2.05, 4.69) is 4.72 Å². The molecule has 2 unspecified atom stereocenters. The molecule has 2 N–H and O–H groups in total. The minimum atomic E-state index is -4.12. The van der Waals surface area contributed by atoms with Gasteiger partial charge in [0.05, 0.1) is 32.3 Å². The van der Waals surface area contributed by atoms with Crippen LogP contribution in [-0.4, -0.2) is 55.0 Å². The van der Waals surface area contributed by atoms with Crippen molar-refractivity contribution in [3.8, 4) is 11.8 Å². The molecule has 2 saturated heterocycles. The number of piperazine rings is 1. The third-order valence-electron chi connectivity index (χ3n) is 6.21. The molecule has 0 spiro atoms. The SMILES string of the molecule is CC(C)(C#N)NS(=O)(=O)c1cc(Cl)c(O)c(N2C3CCC2CN(C(=O)c2ccc(F)cc2Cl)C3)c1. The van der Waals surface area contributed by atoms with Gasteiger partial charge in [-0.3, -0.25) is 4.79 Å². The molecule has 2 atom stereocenters. The number of anilines is 1. The first-order chi connectivity index (χ1) is 16.3. The van der Waals surface area contributed by atoms with Gasteiger partial charge in [-0.25, -0.2) is 12.8 Å². The van der Waals surface area contributed by atoms with Crippen molar-refractivity contribution in [1.29, 1.82) is 5.26 Å². The van der Waals surface area contributed by atoms with E-state index < -0.39 is 21.4 Å². The Kier molecular flexibility index (Phi) is 6.66. The maximum Gasteiger partial charge on any atom is 0.255 e. The second kappa shape index (κ2) is 9.13. The average molecular weight is 541 g/mol. The van der Waals surface area contributed by atoms with E-state index in [9.17, 15) is 28.0 Å². The number of phenolic OH excluding ortho intramolecular Hbond substituents is 1. The fourth-order valence-corrected chi connectivity index (χ4v) is 6.53. The van der Waals surface area contributed by atoms with Crippen molar-refractivity contribution < 1.29 is 22.7 Å². The Morgan fingerprint density at radius 1 is 1.17 bits per heavy atom. The summed E-state index contributed by atoms with van der Waals surface area (Å²) in [5.74, 6) is -1.12. The van der Waals surface area contributed by atoms with Crippen molar-refractivity contribution in [3.05, 3.63) is 51.8 Å². The Morgan fingerprint density at radius 2 is 1.80 bits per heavy atom. The largest absolute Gasteiger partial charge is 0.504 e. The lowest BCUT2D eigenvalue weighted by molar-refractivity contribution is 0.0718. The van der Waals surface area contributed by atoms with Gasteiger partial charge in [0.2, 0.25) is 10.0 Å². The number of carbonyl (C=O) groups excluding carboxylic acids is 1. The molecule has 2 heterocycles. The molecule has 2 aromatic carbocycles. The fraction of sp³-hybridized carbons (Fsp3) is 0.391. The number of nitrogens with zero attached hydrogens (tertiary/aromatic N) is 3. The molecule has 2 aromatic rings. The first kappa shape index (κ1) is 25.5. The number of phenols is 1. The number of hydrogen-bond donors (Lipinski definition) is 2. The van der Waals surface area contributed by atoms with Crippen LogP contribution in [0.3, 0.4) is 0 Å². The quantitative estimate of drug-likeness (QED) is 0.594. The van der Waals surface area contributed by atoms with Crippen molar-refractivity contribution in [3.63, 3.8) is 0 Å². The molecule has 0 aromatic heterocycles. The number of carbonyl (C=O) groups is 1. The summed E-state index contributed by atoms with van der Waals surface area (Å²) in [6.45, 7) is 3.46. The zero-order valence-electron chi connectivity index (χ0n) is 18.9. The highest BCUT2D eigenvalue weighted by Gasteiger charge is 2.43. The van der Waals surface area contributed by atoms with E-state index in [1.54, 1.807) is 4.90 Å². The predicted octanol–water partition coefficient (Wildman–Crippen LogP) is 3.91. The summed E-state index contributed by atoms with van der Waals surface area (Å²) >= 11 is 12.3. The number of amides is 1. The van der Waals surface area contributed by atoms with E-state index in [1.807, 2.05) is 11.0 Å². The van der Waals surface area contributed by atoms with Gasteiger partial charge in [-0.2, -0.15) is 9.98 Å². The number of nitriles is 1. The maximum atomic E-state index is 13.4. The second-order valence-corrected chi connectivity index (χ2v) is 11.7. The van der Waals surface area contributed by atoms with Crippen molar-refractivity contribution in [2.45, 2.75) is 49.2 Å². The first-order valence-corrected chi connectivity index (χ1v) is 13.1. The number of rotatable bonds is 5. The van der Waals surface area contributed by atoms with Gasteiger partial charge in [0.25, 0.3) is 5.91 Å². The Hall–Kier alpha value is -2.58. The molecule has 4 rings (SSSR count). The molecule has 1 amide bonds. The van der Waals surface area contributed by atoms with Gasteiger partial charge in [-0.15, -0.1) is 0 Å². The monoisotopic (exact) mass is 540 g/mol. The van der Waals surface area contributed by atoms with Crippen molar-refractivity contribution in [2.24, 2.45) is 0 Å². The van der Waals surface area contributed by atoms with Crippen molar-refractivity contribution in [2.75, 3.05) is 18.0 Å². The maximum absolute atomic E-state index is 13.4. The van der Waals surface area contributed by atoms with Gasteiger partial charge >= 0.3 is 0 Å². The standard InChI is InChI=1S/C23H23Cl2FN4O4S/c1-23(2,12-27)28-35(33,34)16-8-19(25)21(31)20(9-16)30-14-4-5-15(30)11-29(10-14)22(32)17-6-3-13(26)7-18(17)24/h3,6-9,14-15,28,31H,4-5,10-11H2,1-2H3. The molecular formula is C23H23Cl2FN4O4S. The molecule has 0 saturated carbocycles. The lowest BCUT2D eigenvalue weighted by atomic mass is 10.1. The van der Waals surface area contributed by atoms with Crippen molar-refractivity contribution in [1.82, 2.24) is 9.62 Å². The van der Waals surface area contributed by atoms with Gasteiger partial charge in [-0.05, 0) is 57.0 Å². The van der Waals surface area contributed by atoms with Crippen LogP contribution in [0.1, 0.15) is 37.0 Å². The summed E-state index contributed by atoms with van der Waals surface area (Å²) in [5.41, 5.74) is -0.908. The average Bonchev–Trinajstić information content (AvgIpc) is 3.03. The van der Waals surface area contributed by atoms with Crippen LogP contribution >= 0.6 is 23.2 Å². The predicted molar refractivity (Wildman–Crippen MR) is 130 cm³/mol. The van der Waals surface area contributed by atoms with E-state index in [4.69, 9.17) is 23.2 Å². The molecule has 2 fully saturated rings. The van der Waals surface area contributed by atoms with Crippen LogP contribution in [0.25, 0.3) is 0 Å². The lowest BCUT2D eigenvalue weighted by Gasteiger charge is -2.43. The molecule has 2 bridgehead atoms. The third kappa shape index (κ3) is 4.91.